The molecule has 84 valence electrons. The molecular formula is C12H16N4. The number of aromatic nitrogens is 3. The quantitative estimate of drug-likeness (QED) is 0.847. The molecule has 0 spiro atoms. The van der Waals surface area contributed by atoms with E-state index in [9.17, 15) is 0 Å². The highest BCUT2D eigenvalue weighted by Gasteiger charge is 2.08. The molecule has 4 nitrogen and oxygen atoms in total. The Morgan fingerprint density at radius 3 is 2.88 bits per heavy atom. The molecule has 0 atom stereocenters. The number of rotatable bonds is 3. The molecule has 0 fully saturated rings. The second-order valence-electron chi connectivity index (χ2n) is 3.71. The van der Waals surface area contributed by atoms with E-state index < -0.39 is 0 Å². The first kappa shape index (κ1) is 10.8. The molecule has 0 aliphatic rings. The van der Waals surface area contributed by atoms with Gasteiger partial charge in [-0.25, -0.2) is 9.97 Å². The smallest absolute Gasteiger partial charge is 0.142 e. The molecule has 2 heterocycles. The molecule has 0 amide bonds. The molecule has 0 aromatic carbocycles. The molecule has 2 rings (SSSR count). The summed E-state index contributed by atoms with van der Waals surface area (Å²) in [6.07, 6.45) is 4.61. The first-order valence-electron chi connectivity index (χ1n) is 5.45. The fourth-order valence-corrected chi connectivity index (χ4v) is 1.73. The molecule has 0 bridgehead atoms. The average Bonchev–Trinajstić information content (AvgIpc) is 2.76. The minimum Gasteiger partial charge on any atom is -0.326 e. The number of aryl methyl sites for hydroxylation is 2. The first-order chi connectivity index (χ1) is 7.76. The van der Waals surface area contributed by atoms with E-state index in [0.717, 1.165) is 29.3 Å². The van der Waals surface area contributed by atoms with Crippen LogP contribution in [-0.2, 0) is 13.0 Å². The minimum absolute atomic E-state index is 0.490. The van der Waals surface area contributed by atoms with Gasteiger partial charge in [0.1, 0.15) is 11.6 Å². The molecular weight excluding hydrogens is 200 g/mol. The third kappa shape index (κ3) is 1.84. The van der Waals surface area contributed by atoms with Gasteiger partial charge in [0.2, 0.25) is 0 Å². The van der Waals surface area contributed by atoms with Crippen LogP contribution < -0.4 is 5.73 Å². The summed E-state index contributed by atoms with van der Waals surface area (Å²) in [6, 6.07) is 4.01. The summed E-state index contributed by atoms with van der Waals surface area (Å²) < 4.78 is 2.01. The fraction of sp³-hybridized carbons (Fsp3) is 0.333. The van der Waals surface area contributed by atoms with Gasteiger partial charge in [0.15, 0.2) is 0 Å². The number of imidazole rings is 1. The van der Waals surface area contributed by atoms with E-state index in [0.29, 0.717) is 6.54 Å². The highest BCUT2D eigenvalue weighted by molar-refractivity contribution is 5.36. The summed E-state index contributed by atoms with van der Waals surface area (Å²) in [7, 11) is 0. The molecule has 0 aliphatic carbocycles. The standard InChI is InChI=1S/C12H16N4/c1-3-11-14-6-7-16(11)12-10(8-13)5-4-9(2)15-12/h4-7H,3,8,13H2,1-2H3. The van der Waals surface area contributed by atoms with Crippen molar-refractivity contribution < 1.29 is 0 Å². The summed E-state index contributed by atoms with van der Waals surface area (Å²) in [5.41, 5.74) is 7.75. The third-order valence-corrected chi connectivity index (χ3v) is 2.58. The van der Waals surface area contributed by atoms with Crippen LogP contribution in [0.15, 0.2) is 24.5 Å². The Kier molecular flexibility index (Phi) is 3.01. The van der Waals surface area contributed by atoms with Gasteiger partial charge in [-0.05, 0) is 13.0 Å². The SMILES string of the molecule is CCc1nccn1-c1nc(C)ccc1CN. The van der Waals surface area contributed by atoms with Crippen molar-refractivity contribution in [3.63, 3.8) is 0 Å². The summed E-state index contributed by atoms with van der Waals surface area (Å²) in [4.78, 5) is 8.84. The molecule has 0 unspecified atom stereocenters. The number of hydrogen-bond acceptors (Lipinski definition) is 3. The summed E-state index contributed by atoms with van der Waals surface area (Å²) in [5, 5.41) is 0. The van der Waals surface area contributed by atoms with Gasteiger partial charge in [0.25, 0.3) is 0 Å². The molecule has 0 saturated heterocycles. The molecule has 4 heteroatoms. The lowest BCUT2D eigenvalue weighted by molar-refractivity contribution is 0.842. The largest absolute Gasteiger partial charge is 0.326 e. The summed E-state index contributed by atoms with van der Waals surface area (Å²) in [6.45, 7) is 4.55. The van der Waals surface area contributed by atoms with Gasteiger partial charge in [0, 0.05) is 36.6 Å². The maximum Gasteiger partial charge on any atom is 0.142 e. The molecule has 2 aromatic rings. The van der Waals surface area contributed by atoms with Gasteiger partial charge in [-0.2, -0.15) is 0 Å². The van der Waals surface area contributed by atoms with Crippen LogP contribution in [0.2, 0.25) is 0 Å². The maximum absolute atomic E-state index is 5.72. The average molecular weight is 216 g/mol. The highest BCUT2D eigenvalue weighted by Crippen LogP contribution is 2.14. The summed E-state index contributed by atoms with van der Waals surface area (Å²) in [5.74, 6) is 1.91. The maximum atomic E-state index is 5.72. The van der Waals surface area contributed by atoms with Gasteiger partial charge >= 0.3 is 0 Å². The van der Waals surface area contributed by atoms with Gasteiger partial charge in [-0.15, -0.1) is 0 Å². The Morgan fingerprint density at radius 1 is 1.38 bits per heavy atom. The minimum atomic E-state index is 0.490. The van der Waals surface area contributed by atoms with Crippen LogP contribution in [0.3, 0.4) is 0 Å². The predicted molar refractivity (Wildman–Crippen MR) is 63.4 cm³/mol. The number of nitrogens with zero attached hydrogens (tertiary/aromatic N) is 3. The molecule has 0 saturated carbocycles. The van der Waals surface area contributed by atoms with E-state index in [-0.39, 0.29) is 0 Å². The van der Waals surface area contributed by atoms with Crippen LogP contribution >= 0.6 is 0 Å². The highest BCUT2D eigenvalue weighted by atomic mass is 15.1. The number of hydrogen-bond donors (Lipinski definition) is 1. The van der Waals surface area contributed by atoms with Crippen molar-refractivity contribution in [2.24, 2.45) is 5.73 Å². The van der Waals surface area contributed by atoms with Crippen molar-refractivity contribution in [2.45, 2.75) is 26.8 Å². The van der Waals surface area contributed by atoms with Crippen LogP contribution in [0, 0.1) is 6.92 Å². The molecule has 16 heavy (non-hydrogen) atoms. The Morgan fingerprint density at radius 2 is 2.19 bits per heavy atom. The zero-order chi connectivity index (χ0) is 11.5. The van der Waals surface area contributed by atoms with Crippen LogP contribution in [0.25, 0.3) is 5.82 Å². The van der Waals surface area contributed by atoms with E-state index >= 15 is 0 Å². The zero-order valence-corrected chi connectivity index (χ0v) is 9.64. The first-order valence-corrected chi connectivity index (χ1v) is 5.45. The molecule has 0 radical (unpaired) electrons. The third-order valence-electron chi connectivity index (χ3n) is 2.58. The van der Waals surface area contributed by atoms with Gasteiger partial charge in [0.05, 0.1) is 0 Å². The Balaban J connectivity index is 2.58. The Labute approximate surface area is 95.1 Å². The second kappa shape index (κ2) is 4.45. The van der Waals surface area contributed by atoms with Crippen molar-refractivity contribution in [1.82, 2.24) is 14.5 Å². The monoisotopic (exact) mass is 216 g/mol. The fourth-order valence-electron chi connectivity index (χ4n) is 1.73. The lowest BCUT2D eigenvalue weighted by Gasteiger charge is -2.10. The molecule has 0 aliphatic heterocycles. The van der Waals surface area contributed by atoms with E-state index in [2.05, 4.69) is 16.9 Å². The van der Waals surface area contributed by atoms with Crippen LogP contribution in [0.4, 0.5) is 0 Å². The zero-order valence-electron chi connectivity index (χ0n) is 9.64. The number of pyridine rings is 1. The van der Waals surface area contributed by atoms with Crippen molar-refractivity contribution in [3.05, 3.63) is 41.6 Å². The van der Waals surface area contributed by atoms with Gasteiger partial charge in [-0.1, -0.05) is 13.0 Å². The number of nitrogens with two attached hydrogens (primary N) is 1. The molecule has 2 aromatic heterocycles. The van der Waals surface area contributed by atoms with E-state index in [1.165, 1.54) is 0 Å². The second-order valence-corrected chi connectivity index (χ2v) is 3.71. The van der Waals surface area contributed by atoms with Gasteiger partial charge < -0.3 is 5.73 Å². The van der Waals surface area contributed by atoms with Crippen molar-refractivity contribution in [1.29, 1.82) is 0 Å². The Bertz CT molecular complexity index is 488. The normalized spacial score (nSPS) is 10.7. The lowest BCUT2D eigenvalue weighted by Crippen LogP contribution is -2.09. The van der Waals surface area contributed by atoms with Crippen LogP contribution in [0.1, 0.15) is 24.0 Å². The van der Waals surface area contributed by atoms with E-state index in [4.69, 9.17) is 5.73 Å². The Hall–Kier alpha value is -1.68. The van der Waals surface area contributed by atoms with Gasteiger partial charge in [-0.3, -0.25) is 4.57 Å². The van der Waals surface area contributed by atoms with Crippen molar-refractivity contribution in [2.75, 3.05) is 0 Å². The van der Waals surface area contributed by atoms with Crippen molar-refractivity contribution in [3.8, 4) is 5.82 Å². The lowest BCUT2D eigenvalue weighted by atomic mass is 10.2. The predicted octanol–water partition coefficient (Wildman–Crippen LogP) is 1.60. The van der Waals surface area contributed by atoms with E-state index in [1.807, 2.05) is 29.8 Å². The topological polar surface area (TPSA) is 56.7 Å². The van der Waals surface area contributed by atoms with Crippen LogP contribution in [0.5, 0.6) is 0 Å². The van der Waals surface area contributed by atoms with Crippen molar-refractivity contribution >= 4 is 0 Å². The van der Waals surface area contributed by atoms with Crippen LogP contribution in [-0.4, -0.2) is 14.5 Å². The summed E-state index contributed by atoms with van der Waals surface area (Å²) >= 11 is 0. The molecule has 2 N–H and O–H groups in total. The van der Waals surface area contributed by atoms with E-state index in [1.54, 1.807) is 6.20 Å².